The summed E-state index contributed by atoms with van der Waals surface area (Å²) >= 11 is 0. The smallest absolute Gasteiger partial charge is 0.306 e. The molecule has 0 saturated carbocycles. The van der Waals surface area contributed by atoms with E-state index in [1.54, 1.807) is 0 Å². The maximum atomic E-state index is 12.1. The molecule has 0 unspecified atom stereocenters. The first-order chi connectivity index (χ1) is 16.1. The molecule has 0 amide bonds. The van der Waals surface area contributed by atoms with Gasteiger partial charge in [0.1, 0.15) is 42.2 Å². The number of carbonyl (C=O) groups excluding carboxylic acids is 4. The second kappa shape index (κ2) is 12.7. The number of carbonyl (C=O) groups is 4. The Labute approximate surface area is 195 Å². The fourth-order valence-electron chi connectivity index (χ4n) is 2.90. The van der Waals surface area contributed by atoms with Crippen LogP contribution >= 0.6 is 0 Å². The highest BCUT2D eigenvalue weighted by Gasteiger charge is 2.28. The monoisotopic (exact) mass is 479 g/mol. The third-order valence-corrected chi connectivity index (χ3v) is 4.80. The minimum atomic E-state index is -1.03. The van der Waals surface area contributed by atoms with Crippen molar-refractivity contribution in [2.75, 3.05) is 18.9 Å². The minimum absolute atomic E-state index is 0.0363. The molecule has 0 radical (unpaired) electrons. The number of aliphatic hydroxyl groups excluding tert-OH is 1. The van der Waals surface area contributed by atoms with Crippen LogP contribution in [0.1, 0.15) is 52.7 Å². The number of ether oxygens (including phenoxy) is 3. The van der Waals surface area contributed by atoms with E-state index in [9.17, 15) is 24.3 Å². The van der Waals surface area contributed by atoms with Crippen LogP contribution < -0.4 is 5.73 Å². The van der Waals surface area contributed by atoms with Gasteiger partial charge in [0.05, 0.1) is 25.8 Å². The van der Waals surface area contributed by atoms with E-state index in [0.29, 0.717) is 11.2 Å². The van der Waals surface area contributed by atoms with Crippen LogP contribution in [0.15, 0.2) is 12.7 Å². The van der Waals surface area contributed by atoms with E-state index >= 15 is 0 Å². The van der Waals surface area contributed by atoms with E-state index in [0.717, 1.165) is 0 Å². The summed E-state index contributed by atoms with van der Waals surface area (Å²) in [6, 6.07) is 0. The number of anilines is 1. The molecule has 2 rings (SSSR count). The lowest BCUT2D eigenvalue weighted by Gasteiger charge is -2.28. The predicted octanol–water partition coefficient (Wildman–Crippen LogP) is 0.498. The van der Waals surface area contributed by atoms with Crippen molar-refractivity contribution in [1.29, 1.82) is 0 Å². The van der Waals surface area contributed by atoms with E-state index < -0.39 is 37.0 Å². The average Bonchev–Trinajstić information content (AvgIpc) is 3.21. The summed E-state index contributed by atoms with van der Waals surface area (Å²) in [5, 5.41) is 9.87. The van der Waals surface area contributed by atoms with Crippen LogP contribution in [-0.4, -0.2) is 73.6 Å². The molecular weight excluding hydrogens is 450 g/mol. The molecule has 2 aromatic heterocycles. The molecule has 0 bridgehead atoms. The highest BCUT2D eigenvalue weighted by Crippen LogP contribution is 2.23. The van der Waals surface area contributed by atoms with Gasteiger partial charge in [-0.15, -0.1) is 0 Å². The van der Waals surface area contributed by atoms with Crippen LogP contribution in [0.3, 0.4) is 0 Å². The molecule has 13 nitrogen and oxygen atoms in total. The Kier molecular flexibility index (Phi) is 10.0. The molecule has 0 fully saturated rings. The second-order valence-corrected chi connectivity index (χ2v) is 7.68. The Morgan fingerprint density at radius 1 is 1.03 bits per heavy atom. The maximum Gasteiger partial charge on any atom is 0.306 e. The number of hydrogen-bond acceptors (Lipinski definition) is 12. The zero-order valence-corrected chi connectivity index (χ0v) is 19.3. The fourth-order valence-corrected chi connectivity index (χ4v) is 2.90. The fraction of sp³-hybridized carbons (Fsp3) is 0.571. The van der Waals surface area contributed by atoms with Gasteiger partial charge in [0.2, 0.25) is 0 Å². The topological polar surface area (TPSA) is 186 Å². The molecule has 34 heavy (non-hydrogen) atoms. The molecule has 2 aromatic rings. The van der Waals surface area contributed by atoms with Gasteiger partial charge >= 0.3 is 11.9 Å². The first-order valence-electron chi connectivity index (χ1n) is 10.7. The number of ketones is 2. The van der Waals surface area contributed by atoms with Crippen LogP contribution in [0.2, 0.25) is 0 Å². The number of aromatic nitrogens is 4. The number of aliphatic hydroxyl groups is 1. The molecule has 0 spiro atoms. The van der Waals surface area contributed by atoms with Gasteiger partial charge in [0.25, 0.3) is 0 Å². The summed E-state index contributed by atoms with van der Waals surface area (Å²) in [4.78, 5) is 58.4. The van der Waals surface area contributed by atoms with Crippen molar-refractivity contribution in [1.82, 2.24) is 19.5 Å². The molecule has 0 aliphatic carbocycles. The number of nitrogens with two attached hydrogens (primary N) is 1. The Balaban J connectivity index is 2.19. The highest BCUT2D eigenvalue weighted by atomic mass is 16.6. The molecule has 3 atom stereocenters. The van der Waals surface area contributed by atoms with Gasteiger partial charge in [-0.3, -0.25) is 14.2 Å². The lowest BCUT2D eigenvalue weighted by molar-refractivity contribution is -0.176. The van der Waals surface area contributed by atoms with E-state index in [-0.39, 0.29) is 49.7 Å². The zero-order chi connectivity index (χ0) is 25.3. The van der Waals surface area contributed by atoms with Gasteiger partial charge in [0, 0.05) is 12.8 Å². The number of esters is 2. The molecule has 186 valence electrons. The number of hydrogen-bond donors (Lipinski definition) is 2. The maximum absolute atomic E-state index is 12.1. The number of Topliss-reactive ketones (excluding diaryl/α,β-unsaturated/α-hetero) is 2. The van der Waals surface area contributed by atoms with Crippen molar-refractivity contribution in [3.8, 4) is 0 Å². The van der Waals surface area contributed by atoms with Gasteiger partial charge in [-0.25, -0.2) is 15.0 Å². The molecular formula is C21H29N5O8. The predicted molar refractivity (Wildman–Crippen MR) is 117 cm³/mol. The molecule has 2 heterocycles. The highest BCUT2D eigenvalue weighted by molar-refractivity contribution is 5.82. The van der Waals surface area contributed by atoms with Gasteiger partial charge in [-0.05, 0) is 20.8 Å². The molecule has 0 saturated heterocycles. The standard InChI is InChI=1S/C21H29N5O8/c1-12(28)4-6-17(30)32-9-16(26-11-25-19-20(22)23-10-24-21(19)26)34-15(8-27)14(3)33-18(31)7-5-13(2)29/h10-11,14-16,27H,4-9H2,1-3H3,(H2,22,23,24)/t14-,15-,16-/m1/s1. The van der Waals surface area contributed by atoms with E-state index in [1.165, 1.54) is 38.0 Å². The molecule has 0 aliphatic heterocycles. The number of imidazole rings is 1. The Bertz CT molecular complexity index is 1020. The quantitative estimate of drug-likeness (QED) is 0.358. The first-order valence-corrected chi connectivity index (χ1v) is 10.7. The summed E-state index contributed by atoms with van der Waals surface area (Å²) in [7, 11) is 0. The van der Waals surface area contributed by atoms with Crippen molar-refractivity contribution in [3.05, 3.63) is 12.7 Å². The van der Waals surface area contributed by atoms with Crippen LogP contribution in [0.5, 0.6) is 0 Å². The van der Waals surface area contributed by atoms with Gasteiger partial charge in [-0.2, -0.15) is 0 Å². The summed E-state index contributed by atoms with van der Waals surface area (Å²) in [6.07, 6.45) is -0.473. The molecule has 0 aromatic carbocycles. The third kappa shape index (κ3) is 7.85. The van der Waals surface area contributed by atoms with Crippen molar-refractivity contribution >= 4 is 40.5 Å². The number of nitrogen functional groups attached to an aromatic ring is 1. The normalized spacial score (nSPS) is 13.8. The molecule has 0 aliphatic rings. The minimum Gasteiger partial charge on any atom is -0.461 e. The lowest BCUT2D eigenvalue weighted by atomic mass is 10.2. The lowest BCUT2D eigenvalue weighted by Crippen LogP contribution is -2.37. The van der Waals surface area contributed by atoms with Crippen molar-refractivity contribution in [2.24, 2.45) is 0 Å². The second-order valence-electron chi connectivity index (χ2n) is 7.68. The van der Waals surface area contributed by atoms with Crippen LogP contribution in [0, 0.1) is 0 Å². The summed E-state index contributed by atoms with van der Waals surface area (Å²) in [5.41, 5.74) is 6.42. The Morgan fingerprint density at radius 3 is 2.29 bits per heavy atom. The van der Waals surface area contributed by atoms with Gasteiger partial charge < -0.3 is 34.6 Å². The van der Waals surface area contributed by atoms with Crippen molar-refractivity contribution < 1.29 is 38.5 Å². The Morgan fingerprint density at radius 2 is 1.68 bits per heavy atom. The summed E-state index contributed by atoms with van der Waals surface area (Å²) in [5.74, 6) is -1.41. The largest absolute Gasteiger partial charge is 0.461 e. The van der Waals surface area contributed by atoms with Crippen LogP contribution in [0.25, 0.3) is 11.2 Å². The average molecular weight is 479 g/mol. The third-order valence-electron chi connectivity index (χ3n) is 4.80. The van der Waals surface area contributed by atoms with Crippen LogP contribution in [0.4, 0.5) is 5.82 Å². The summed E-state index contributed by atoms with van der Waals surface area (Å²) < 4.78 is 17.9. The van der Waals surface area contributed by atoms with E-state index in [2.05, 4.69) is 15.0 Å². The first kappa shape index (κ1) is 26.8. The van der Waals surface area contributed by atoms with Crippen molar-refractivity contribution in [3.63, 3.8) is 0 Å². The number of fused-ring (bicyclic) bond motifs is 1. The SMILES string of the molecule is CC(=O)CCC(=O)OC[C@@H](O[C@H](CO)[C@@H](C)OC(=O)CCC(C)=O)n1cnc2c(N)ncnc21. The number of nitrogens with zero attached hydrogens (tertiary/aromatic N) is 4. The van der Waals surface area contributed by atoms with Gasteiger partial charge in [-0.1, -0.05) is 0 Å². The Hall–Kier alpha value is -3.45. The molecule has 3 N–H and O–H groups in total. The van der Waals surface area contributed by atoms with Crippen molar-refractivity contribution in [2.45, 2.75) is 64.9 Å². The van der Waals surface area contributed by atoms with E-state index in [1.807, 2.05) is 0 Å². The number of rotatable bonds is 14. The van der Waals surface area contributed by atoms with E-state index in [4.69, 9.17) is 19.9 Å². The summed E-state index contributed by atoms with van der Waals surface area (Å²) in [6.45, 7) is 3.41. The zero-order valence-electron chi connectivity index (χ0n) is 19.3. The molecule has 13 heteroatoms. The van der Waals surface area contributed by atoms with Crippen LogP contribution in [-0.2, 0) is 33.4 Å². The van der Waals surface area contributed by atoms with Gasteiger partial charge in [0.15, 0.2) is 17.7 Å².